The average Bonchev–Trinajstić information content (AvgIpc) is 3.33. The van der Waals surface area contributed by atoms with E-state index in [1.807, 2.05) is 17.0 Å². The van der Waals surface area contributed by atoms with Crippen molar-refractivity contribution in [3.8, 4) is 6.07 Å². The van der Waals surface area contributed by atoms with Crippen LogP contribution >= 0.6 is 0 Å². The van der Waals surface area contributed by atoms with Crippen LogP contribution in [0.4, 0.5) is 8.78 Å². The number of carbonyl (C=O) groups is 1. The van der Waals surface area contributed by atoms with Crippen molar-refractivity contribution in [1.82, 2.24) is 9.80 Å². The standard InChI is InChI=1S/C23H21F2N3O2/c24-16-7-3-14(4-8-16)11-28-22(29)19-18-9-17(25)12-27(18)21(20(19)23(28)30)15-5-1-13(10-26)2-6-15/h1-8,17-21,23,30H,9,11-12H2/t17-,18-,19-,20-,21-,23?/m0/s1. The summed E-state index contributed by atoms with van der Waals surface area (Å²) in [6, 6.07) is 14.5. The zero-order valence-corrected chi connectivity index (χ0v) is 16.2. The predicted molar refractivity (Wildman–Crippen MR) is 104 cm³/mol. The van der Waals surface area contributed by atoms with Crippen molar-refractivity contribution < 1.29 is 18.7 Å². The molecule has 0 spiro atoms. The predicted octanol–water partition coefficient (Wildman–Crippen LogP) is 2.76. The number of hydrogen-bond acceptors (Lipinski definition) is 4. The van der Waals surface area contributed by atoms with Gasteiger partial charge < -0.3 is 10.0 Å². The van der Waals surface area contributed by atoms with Crippen LogP contribution in [0, 0.1) is 29.0 Å². The number of benzene rings is 2. The van der Waals surface area contributed by atoms with Gasteiger partial charge in [0.1, 0.15) is 18.2 Å². The van der Waals surface area contributed by atoms with Crippen molar-refractivity contribution in [2.24, 2.45) is 11.8 Å². The Hall–Kier alpha value is -2.82. The zero-order chi connectivity index (χ0) is 21.0. The van der Waals surface area contributed by atoms with Gasteiger partial charge in [-0.25, -0.2) is 8.78 Å². The lowest BCUT2D eigenvalue weighted by Gasteiger charge is -2.32. The Morgan fingerprint density at radius 2 is 1.83 bits per heavy atom. The van der Waals surface area contributed by atoms with Gasteiger partial charge >= 0.3 is 0 Å². The normalized spacial score (nSPS) is 32.9. The number of halogens is 2. The lowest BCUT2D eigenvalue weighted by molar-refractivity contribution is -0.138. The maximum Gasteiger partial charge on any atom is 0.230 e. The Bertz CT molecular complexity index is 1000. The smallest absolute Gasteiger partial charge is 0.230 e. The molecule has 30 heavy (non-hydrogen) atoms. The third-order valence-electron chi connectivity index (χ3n) is 6.76. The Morgan fingerprint density at radius 1 is 1.13 bits per heavy atom. The minimum atomic E-state index is -1.02. The summed E-state index contributed by atoms with van der Waals surface area (Å²) in [6.07, 6.45) is -1.75. The van der Waals surface area contributed by atoms with Gasteiger partial charge in [-0.15, -0.1) is 0 Å². The second-order valence-electron chi connectivity index (χ2n) is 8.39. The van der Waals surface area contributed by atoms with Crippen molar-refractivity contribution in [2.45, 2.75) is 37.4 Å². The topological polar surface area (TPSA) is 67.6 Å². The Balaban J connectivity index is 1.49. The Kier molecular flexibility index (Phi) is 4.57. The molecule has 3 saturated heterocycles. The molecule has 1 amide bonds. The summed E-state index contributed by atoms with van der Waals surface area (Å²) in [6.45, 7) is 0.416. The number of nitrogens with zero attached hydrogens (tertiary/aromatic N) is 3. The van der Waals surface area contributed by atoms with Gasteiger partial charge in [0.05, 0.1) is 17.6 Å². The van der Waals surface area contributed by atoms with Gasteiger partial charge in [-0.05, 0) is 41.8 Å². The molecule has 5 nitrogen and oxygen atoms in total. The Morgan fingerprint density at radius 3 is 2.50 bits per heavy atom. The molecule has 3 aliphatic rings. The van der Waals surface area contributed by atoms with Crippen LogP contribution in [0.3, 0.4) is 0 Å². The molecule has 0 radical (unpaired) electrons. The minimum absolute atomic E-state index is 0.180. The van der Waals surface area contributed by atoms with E-state index >= 15 is 0 Å². The van der Waals surface area contributed by atoms with E-state index in [9.17, 15) is 18.7 Å². The van der Waals surface area contributed by atoms with Crippen LogP contribution in [0.2, 0.25) is 0 Å². The van der Waals surface area contributed by atoms with Crippen molar-refractivity contribution in [3.05, 3.63) is 71.0 Å². The first-order valence-corrected chi connectivity index (χ1v) is 10.1. The van der Waals surface area contributed by atoms with E-state index in [1.165, 1.54) is 17.0 Å². The minimum Gasteiger partial charge on any atom is -0.373 e. The van der Waals surface area contributed by atoms with E-state index in [0.29, 0.717) is 5.56 Å². The molecule has 5 rings (SSSR count). The monoisotopic (exact) mass is 409 g/mol. The molecule has 0 aliphatic carbocycles. The molecular weight excluding hydrogens is 388 g/mol. The van der Waals surface area contributed by atoms with Gasteiger partial charge in [-0.1, -0.05) is 24.3 Å². The van der Waals surface area contributed by atoms with Crippen LogP contribution in [0.15, 0.2) is 48.5 Å². The van der Waals surface area contributed by atoms with Crippen LogP contribution in [0.1, 0.15) is 29.2 Å². The van der Waals surface area contributed by atoms with Crippen LogP contribution in [-0.4, -0.2) is 45.8 Å². The fraction of sp³-hybridized carbons (Fsp3) is 0.391. The molecule has 0 aromatic heterocycles. The fourth-order valence-electron chi connectivity index (χ4n) is 5.52. The SMILES string of the molecule is N#Cc1ccc([C@H]2[C@H]3C(O)N(Cc4ccc(F)cc4)C(=O)[C@H]3[C@@H]3C[C@H](F)CN32)cc1. The quantitative estimate of drug-likeness (QED) is 0.847. The lowest BCUT2D eigenvalue weighted by Crippen LogP contribution is -2.41. The van der Waals surface area contributed by atoms with Gasteiger partial charge in [0, 0.05) is 31.1 Å². The van der Waals surface area contributed by atoms with Crippen molar-refractivity contribution in [2.75, 3.05) is 6.54 Å². The second kappa shape index (κ2) is 7.15. The highest BCUT2D eigenvalue weighted by Crippen LogP contribution is 2.55. The van der Waals surface area contributed by atoms with Gasteiger partial charge in [0.2, 0.25) is 5.91 Å². The number of aliphatic hydroxyl groups is 1. The number of nitriles is 1. The van der Waals surface area contributed by atoms with E-state index in [-0.39, 0.29) is 49.2 Å². The average molecular weight is 409 g/mol. The molecule has 1 N–H and O–H groups in total. The van der Waals surface area contributed by atoms with E-state index in [0.717, 1.165) is 11.1 Å². The van der Waals surface area contributed by atoms with E-state index in [4.69, 9.17) is 5.26 Å². The molecule has 1 unspecified atom stereocenters. The number of rotatable bonds is 3. The highest BCUT2D eigenvalue weighted by atomic mass is 19.1. The van der Waals surface area contributed by atoms with Crippen LogP contribution in [0.5, 0.6) is 0 Å². The molecule has 3 fully saturated rings. The molecular formula is C23H21F2N3O2. The molecule has 2 aromatic carbocycles. The lowest BCUT2D eigenvalue weighted by atomic mass is 9.84. The molecule has 154 valence electrons. The number of alkyl halides is 1. The van der Waals surface area contributed by atoms with Gasteiger partial charge in [0.25, 0.3) is 0 Å². The molecule has 0 bridgehead atoms. The summed E-state index contributed by atoms with van der Waals surface area (Å²) in [5, 5.41) is 20.2. The van der Waals surface area contributed by atoms with Crippen molar-refractivity contribution in [3.63, 3.8) is 0 Å². The molecule has 6 atom stereocenters. The number of fused-ring (bicyclic) bond motifs is 3. The largest absolute Gasteiger partial charge is 0.373 e. The van der Waals surface area contributed by atoms with Gasteiger partial charge in [0.15, 0.2) is 0 Å². The molecule has 3 heterocycles. The summed E-state index contributed by atoms with van der Waals surface area (Å²) in [5.41, 5.74) is 2.12. The highest BCUT2D eigenvalue weighted by molar-refractivity contribution is 5.83. The van der Waals surface area contributed by atoms with E-state index < -0.39 is 18.3 Å². The van der Waals surface area contributed by atoms with Gasteiger partial charge in [-0.3, -0.25) is 9.69 Å². The summed E-state index contributed by atoms with van der Waals surface area (Å²) in [5.74, 6) is -1.41. The number of amides is 1. The summed E-state index contributed by atoms with van der Waals surface area (Å²) in [7, 11) is 0. The molecule has 7 heteroatoms. The molecule has 0 saturated carbocycles. The third-order valence-corrected chi connectivity index (χ3v) is 6.76. The summed E-state index contributed by atoms with van der Waals surface area (Å²) >= 11 is 0. The summed E-state index contributed by atoms with van der Waals surface area (Å²) in [4.78, 5) is 16.7. The highest BCUT2D eigenvalue weighted by Gasteiger charge is 2.63. The third kappa shape index (κ3) is 2.91. The summed E-state index contributed by atoms with van der Waals surface area (Å²) < 4.78 is 27.5. The van der Waals surface area contributed by atoms with Crippen LogP contribution in [-0.2, 0) is 11.3 Å². The first-order valence-electron chi connectivity index (χ1n) is 10.1. The first-order chi connectivity index (χ1) is 14.5. The van der Waals surface area contributed by atoms with Gasteiger partial charge in [-0.2, -0.15) is 5.26 Å². The van der Waals surface area contributed by atoms with Crippen molar-refractivity contribution in [1.29, 1.82) is 5.26 Å². The van der Waals surface area contributed by atoms with Crippen molar-refractivity contribution >= 4 is 5.91 Å². The number of hydrogen-bond donors (Lipinski definition) is 1. The van der Waals surface area contributed by atoms with Crippen LogP contribution < -0.4 is 0 Å². The fourth-order valence-corrected chi connectivity index (χ4v) is 5.52. The number of likely N-dealkylation sites (tertiary alicyclic amines) is 1. The maximum absolute atomic E-state index is 14.3. The van der Waals surface area contributed by atoms with E-state index in [1.54, 1.807) is 24.3 Å². The zero-order valence-electron chi connectivity index (χ0n) is 16.2. The maximum atomic E-state index is 14.3. The molecule has 2 aromatic rings. The van der Waals surface area contributed by atoms with Crippen LogP contribution in [0.25, 0.3) is 0 Å². The first kappa shape index (κ1) is 19.2. The van der Waals surface area contributed by atoms with E-state index in [2.05, 4.69) is 6.07 Å². The second-order valence-corrected chi connectivity index (χ2v) is 8.39. The number of aliphatic hydroxyl groups excluding tert-OH is 1. The Labute approximate surface area is 173 Å². The molecule has 3 aliphatic heterocycles. The number of carbonyl (C=O) groups excluding carboxylic acids is 1.